The fourth-order valence-corrected chi connectivity index (χ4v) is 3.07. The second kappa shape index (κ2) is 5.31. The molecule has 22 heavy (non-hydrogen) atoms. The SMILES string of the molecule is Nc1n[nH]c2cccc(-c3ccc(C4=CCCNC4)cc3)c12. The number of nitrogens with one attached hydrogen (secondary N) is 2. The first-order chi connectivity index (χ1) is 10.8. The van der Waals surface area contributed by atoms with Gasteiger partial charge in [0.1, 0.15) is 0 Å². The number of hydrogen-bond donors (Lipinski definition) is 3. The third kappa shape index (κ3) is 2.18. The first-order valence-corrected chi connectivity index (χ1v) is 7.56. The van der Waals surface area contributed by atoms with E-state index in [0.29, 0.717) is 5.82 Å². The van der Waals surface area contributed by atoms with Crippen LogP contribution in [0.25, 0.3) is 27.6 Å². The molecular weight excluding hydrogens is 272 g/mol. The van der Waals surface area contributed by atoms with E-state index in [9.17, 15) is 0 Å². The summed E-state index contributed by atoms with van der Waals surface area (Å²) in [5.74, 6) is 0.550. The monoisotopic (exact) mass is 290 g/mol. The van der Waals surface area contributed by atoms with Crippen LogP contribution in [-0.2, 0) is 0 Å². The molecule has 4 heteroatoms. The Morgan fingerprint density at radius 2 is 1.82 bits per heavy atom. The molecule has 0 fully saturated rings. The molecule has 0 spiro atoms. The summed E-state index contributed by atoms with van der Waals surface area (Å²) in [6, 6.07) is 14.8. The van der Waals surface area contributed by atoms with E-state index in [0.717, 1.165) is 41.5 Å². The Kier molecular flexibility index (Phi) is 3.16. The Balaban J connectivity index is 1.76. The fraction of sp³-hybridized carbons (Fsp3) is 0.167. The van der Waals surface area contributed by atoms with Crippen molar-refractivity contribution in [2.45, 2.75) is 6.42 Å². The number of aromatic nitrogens is 2. The van der Waals surface area contributed by atoms with Gasteiger partial charge < -0.3 is 11.1 Å². The van der Waals surface area contributed by atoms with E-state index in [1.165, 1.54) is 11.1 Å². The number of anilines is 1. The van der Waals surface area contributed by atoms with Gasteiger partial charge in [-0.25, -0.2) is 0 Å². The minimum Gasteiger partial charge on any atom is -0.382 e. The van der Waals surface area contributed by atoms with Crippen molar-refractivity contribution in [2.24, 2.45) is 0 Å². The van der Waals surface area contributed by atoms with Crippen LogP contribution < -0.4 is 11.1 Å². The number of nitrogens with two attached hydrogens (primary N) is 1. The lowest BCUT2D eigenvalue weighted by Crippen LogP contribution is -2.21. The molecule has 4 N–H and O–H groups in total. The molecule has 1 aliphatic rings. The van der Waals surface area contributed by atoms with Crippen molar-refractivity contribution < 1.29 is 0 Å². The maximum atomic E-state index is 6.00. The maximum Gasteiger partial charge on any atom is 0.153 e. The molecule has 0 atom stereocenters. The van der Waals surface area contributed by atoms with Crippen molar-refractivity contribution >= 4 is 22.3 Å². The van der Waals surface area contributed by atoms with Crippen LogP contribution in [0, 0.1) is 0 Å². The van der Waals surface area contributed by atoms with Gasteiger partial charge in [-0.15, -0.1) is 0 Å². The van der Waals surface area contributed by atoms with Crippen molar-refractivity contribution in [1.29, 1.82) is 0 Å². The van der Waals surface area contributed by atoms with Crippen molar-refractivity contribution in [3.8, 4) is 11.1 Å². The first-order valence-electron chi connectivity index (χ1n) is 7.56. The average molecular weight is 290 g/mol. The summed E-state index contributed by atoms with van der Waals surface area (Å²) in [6.45, 7) is 2.02. The Hall–Kier alpha value is -2.59. The fourth-order valence-electron chi connectivity index (χ4n) is 3.07. The standard InChI is InChI=1S/C18H18N4/c19-18-17-15(4-1-5-16(17)21-22-18)13-8-6-12(7-9-13)14-3-2-10-20-11-14/h1,3-9,20H,2,10-11H2,(H3,19,21,22). The molecule has 4 rings (SSSR count). The minimum atomic E-state index is 0.550. The van der Waals surface area contributed by atoms with Crippen LogP contribution in [0.5, 0.6) is 0 Å². The molecule has 110 valence electrons. The molecule has 1 aromatic heterocycles. The smallest absolute Gasteiger partial charge is 0.153 e. The van der Waals surface area contributed by atoms with Crippen LogP contribution in [0.2, 0.25) is 0 Å². The molecule has 2 heterocycles. The molecule has 0 saturated heterocycles. The highest BCUT2D eigenvalue weighted by atomic mass is 15.1. The number of benzene rings is 2. The van der Waals surface area contributed by atoms with E-state index in [2.05, 4.69) is 51.9 Å². The van der Waals surface area contributed by atoms with E-state index in [-0.39, 0.29) is 0 Å². The number of nitrogen functional groups attached to an aromatic ring is 1. The minimum absolute atomic E-state index is 0.550. The van der Waals surface area contributed by atoms with Gasteiger partial charge in [0.25, 0.3) is 0 Å². The predicted molar refractivity (Wildman–Crippen MR) is 91.4 cm³/mol. The number of rotatable bonds is 2. The summed E-state index contributed by atoms with van der Waals surface area (Å²) in [7, 11) is 0. The van der Waals surface area contributed by atoms with Gasteiger partial charge in [-0.1, -0.05) is 42.5 Å². The highest BCUT2D eigenvalue weighted by Crippen LogP contribution is 2.32. The zero-order valence-corrected chi connectivity index (χ0v) is 12.3. The summed E-state index contributed by atoms with van der Waals surface area (Å²) < 4.78 is 0. The molecule has 4 nitrogen and oxygen atoms in total. The first kappa shape index (κ1) is 13.1. The van der Waals surface area contributed by atoms with Crippen molar-refractivity contribution in [1.82, 2.24) is 15.5 Å². The van der Waals surface area contributed by atoms with Gasteiger partial charge in [0.05, 0.1) is 10.9 Å². The molecule has 0 amide bonds. The normalized spacial score (nSPS) is 15.0. The lowest BCUT2D eigenvalue weighted by atomic mass is 9.97. The highest BCUT2D eigenvalue weighted by molar-refractivity contribution is 6.01. The van der Waals surface area contributed by atoms with Crippen molar-refractivity contribution in [3.63, 3.8) is 0 Å². The Morgan fingerprint density at radius 1 is 1.00 bits per heavy atom. The van der Waals surface area contributed by atoms with Gasteiger partial charge >= 0.3 is 0 Å². The Bertz CT molecular complexity index is 843. The number of hydrogen-bond acceptors (Lipinski definition) is 3. The zero-order chi connectivity index (χ0) is 14.9. The van der Waals surface area contributed by atoms with Crippen LogP contribution in [-0.4, -0.2) is 23.3 Å². The van der Waals surface area contributed by atoms with Crippen LogP contribution in [0.15, 0.2) is 48.5 Å². The van der Waals surface area contributed by atoms with E-state index in [1.54, 1.807) is 0 Å². The number of aromatic amines is 1. The Morgan fingerprint density at radius 3 is 2.59 bits per heavy atom. The van der Waals surface area contributed by atoms with E-state index >= 15 is 0 Å². The van der Waals surface area contributed by atoms with Gasteiger partial charge in [-0.3, -0.25) is 5.10 Å². The largest absolute Gasteiger partial charge is 0.382 e. The van der Waals surface area contributed by atoms with Crippen molar-refractivity contribution in [3.05, 3.63) is 54.1 Å². The van der Waals surface area contributed by atoms with Crippen molar-refractivity contribution in [2.75, 3.05) is 18.8 Å². The van der Waals surface area contributed by atoms with E-state index in [1.807, 2.05) is 12.1 Å². The van der Waals surface area contributed by atoms with E-state index in [4.69, 9.17) is 5.73 Å². The number of fused-ring (bicyclic) bond motifs is 1. The quantitative estimate of drug-likeness (QED) is 0.679. The Labute approximate surface area is 129 Å². The summed E-state index contributed by atoms with van der Waals surface area (Å²) in [5, 5.41) is 11.5. The molecule has 2 aromatic carbocycles. The van der Waals surface area contributed by atoms with Gasteiger partial charge in [-0.05, 0) is 41.3 Å². The number of nitrogens with zero attached hydrogens (tertiary/aromatic N) is 1. The van der Waals surface area contributed by atoms with Gasteiger partial charge in [-0.2, -0.15) is 5.10 Å². The van der Waals surface area contributed by atoms with Gasteiger partial charge in [0, 0.05) is 6.54 Å². The second-order valence-corrected chi connectivity index (χ2v) is 5.61. The second-order valence-electron chi connectivity index (χ2n) is 5.61. The van der Waals surface area contributed by atoms with Crippen LogP contribution in [0.3, 0.4) is 0 Å². The van der Waals surface area contributed by atoms with Crippen LogP contribution in [0.1, 0.15) is 12.0 Å². The third-order valence-corrected chi connectivity index (χ3v) is 4.21. The molecular formula is C18H18N4. The summed E-state index contributed by atoms with van der Waals surface area (Å²) in [6.07, 6.45) is 3.42. The lowest BCUT2D eigenvalue weighted by Gasteiger charge is -2.15. The van der Waals surface area contributed by atoms with Crippen LogP contribution >= 0.6 is 0 Å². The zero-order valence-electron chi connectivity index (χ0n) is 12.3. The third-order valence-electron chi connectivity index (χ3n) is 4.21. The molecule has 3 aromatic rings. The summed E-state index contributed by atoms with van der Waals surface area (Å²) in [4.78, 5) is 0. The molecule has 1 aliphatic heterocycles. The molecule has 0 radical (unpaired) electrons. The average Bonchev–Trinajstić information content (AvgIpc) is 2.97. The maximum absolute atomic E-state index is 6.00. The molecule has 0 aliphatic carbocycles. The topological polar surface area (TPSA) is 66.7 Å². The predicted octanol–water partition coefficient (Wildman–Crippen LogP) is 3.19. The summed E-state index contributed by atoms with van der Waals surface area (Å²) >= 11 is 0. The lowest BCUT2D eigenvalue weighted by molar-refractivity contribution is 0.739. The van der Waals surface area contributed by atoms with Gasteiger partial charge in [0.2, 0.25) is 0 Å². The highest BCUT2D eigenvalue weighted by Gasteiger charge is 2.10. The molecule has 0 unspecified atom stereocenters. The number of H-pyrrole nitrogens is 1. The van der Waals surface area contributed by atoms with E-state index < -0.39 is 0 Å². The molecule has 0 saturated carbocycles. The molecule has 0 bridgehead atoms. The summed E-state index contributed by atoms with van der Waals surface area (Å²) in [5.41, 5.74) is 11.9. The van der Waals surface area contributed by atoms with Crippen LogP contribution in [0.4, 0.5) is 5.82 Å². The van der Waals surface area contributed by atoms with Gasteiger partial charge in [0.15, 0.2) is 5.82 Å².